The van der Waals surface area contributed by atoms with E-state index in [1.54, 1.807) is 6.92 Å². The van der Waals surface area contributed by atoms with Crippen molar-refractivity contribution in [2.75, 3.05) is 6.54 Å². The van der Waals surface area contributed by atoms with Crippen LogP contribution in [0.4, 0.5) is 8.78 Å². The van der Waals surface area contributed by atoms with Gasteiger partial charge in [0, 0.05) is 6.54 Å². The first-order valence-electron chi connectivity index (χ1n) is 5.32. The highest BCUT2D eigenvalue weighted by atomic mass is 32.2. The summed E-state index contributed by atoms with van der Waals surface area (Å²) in [5.41, 5.74) is -0.641. The van der Waals surface area contributed by atoms with Crippen LogP contribution in [-0.4, -0.2) is 58.1 Å². The lowest BCUT2D eigenvalue weighted by atomic mass is 10.0. The molecule has 2 rings (SSSR count). The van der Waals surface area contributed by atoms with Crippen LogP contribution in [0.1, 0.15) is 6.92 Å². The van der Waals surface area contributed by atoms with Gasteiger partial charge in [-0.25, -0.2) is 13.8 Å². The van der Waals surface area contributed by atoms with Crippen molar-refractivity contribution in [3.8, 4) is 0 Å². The lowest BCUT2D eigenvalue weighted by Gasteiger charge is -2.36. The van der Waals surface area contributed by atoms with E-state index in [1.165, 1.54) is 0 Å². The largest absolute Gasteiger partial charge is 0.449 e. The molecule has 0 spiro atoms. The average molecular weight is 268 g/mol. The fourth-order valence-electron chi connectivity index (χ4n) is 1.86. The summed E-state index contributed by atoms with van der Waals surface area (Å²) in [4.78, 5) is 3.97. The van der Waals surface area contributed by atoms with Gasteiger partial charge < -0.3 is 20.3 Å². The van der Waals surface area contributed by atoms with Crippen LogP contribution >= 0.6 is 11.8 Å². The molecular formula is C9H14F2N2O3S. The number of aliphatic imine (C=N–C) groups is 1. The lowest BCUT2D eigenvalue weighted by molar-refractivity contribution is -0.0398. The fraction of sp³-hybridized carbons (Fsp3) is 0.889. The summed E-state index contributed by atoms with van der Waals surface area (Å²) in [5.74, 6) is 0. The summed E-state index contributed by atoms with van der Waals surface area (Å²) in [7, 11) is 0. The molecule has 0 radical (unpaired) electrons. The van der Waals surface area contributed by atoms with Crippen molar-refractivity contribution in [3.63, 3.8) is 0 Å². The summed E-state index contributed by atoms with van der Waals surface area (Å²) in [6, 6.07) is -0.369. The molecule has 0 aromatic carbocycles. The maximum Gasteiger partial charge on any atom is 0.286 e. The Kier molecular flexibility index (Phi) is 3.74. The maximum atomic E-state index is 12.6. The van der Waals surface area contributed by atoms with Crippen LogP contribution in [0.3, 0.4) is 0 Å². The number of halogens is 2. The molecule has 0 aromatic rings. The predicted molar refractivity (Wildman–Crippen MR) is 59.2 cm³/mol. The SMILES string of the molecule is CCN=C1N[C@@H]2[C@@H](O)[C@H](O)[C@@H](C(F)F)S[C@@H]2O1. The molecule has 2 saturated heterocycles. The van der Waals surface area contributed by atoms with E-state index >= 15 is 0 Å². The van der Waals surface area contributed by atoms with Gasteiger partial charge in [-0.3, -0.25) is 0 Å². The number of nitrogens with one attached hydrogen (secondary N) is 1. The quantitative estimate of drug-likeness (QED) is 0.645. The zero-order valence-electron chi connectivity index (χ0n) is 9.09. The number of thioether (sulfide) groups is 1. The molecule has 5 atom stereocenters. The van der Waals surface area contributed by atoms with Gasteiger partial charge in [-0.15, -0.1) is 11.8 Å². The van der Waals surface area contributed by atoms with Crippen LogP contribution < -0.4 is 5.32 Å². The fourth-order valence-corrected chi connectivity index (χ4v) is 3.16. The molecule has 0 bridgehead atoms. The maximum absolute atomic E-state index is 12.6. The number of fused-ring (bicyclic) bond motifs is 1. The molecule has 2 aliphatic rings. The Morgan fingerprint density at radius 3 is 2.76 bits per heavy atom. The van der Waals surface area contributed by atoms with Crippen molar-refractivity contribution >= 4 is 17.8 Å². The molecule has 2 aliphatic heterocycles. The highest BCUT2D eigenvalue weighted by Gasteiger charge is 2.52. The minimum absolute atomic E-state index is 0.233. The van der Waals surface area contributed by atoms with Crippen molar-refractivity contribution in [2.24, 2.45) is 4.99 Å². The standard InChI is InChI=1S/C9H14F2N2O3S/c1-2-12-9-13-3-4(14)5(15)6(7(10)11)17-8(3)16-9/h3-8,14-15H,2H2,1H3,(H,12,13)/t3-,4-,5+,6+,8+/m1/s1. The van der Waals surface area contributed by atoms with Crippen molar-refractivity contribution in [1.82, 2.24) is 5.32 Å². The minimum Gasteiger partial charge on any atom is -0.449 e. The zero-order valence-corrected chi connectivity index (χ0v) is 9.90. The molecule has 5 nitrogen and oxygen atoms in total. The van der Waals surface area contributed by atoms with Crippen LogP contribution in [0.25, 0.3) is 0 Å². The topological polar surface area (TPSA) is 74.1 Å². The van der Waals surface area contributed by atoms with Gasteiger partial charge in [0.05, 0.1) is 11.4 Å². The van der Waals surface area contributed by atoms with Gasteiger partial charge in [0.25, 0.3) is 12.4 Å². The van der Waals surface area contributed by atoms with Crippen molar-refractivity contribution < 1.29 is 23.7 Å². The van der Waals surface area contributed by atoms with E-state index in [1.807, 2.05) is 0 Å². The Hall–Kier alpha value is -0.600. The van der Waals surface area contributed by atoms with E-state index in [0.29, 0.717) is 6.54 Å². The summed E-state index contributed by atoms with van der Waals surface area (Å²) in [6.07, 6.45) is -5.47. The molecule has 0 saturated carbocycles. The summed E-state index contributed by atoms with van der Waals surface area (Å²) in [6.45, 7) is 2.30. The van der Waals surface area contributed by atoms with Crippen LogP contribution in [0.5, 0.6) is 0 Å². The Morgan fingerprint density at radius 2 is 2.18 bits per heavy atom. The smallest absolute Gasteiger partial charge is 0.286 e. The number of hydrogen-bond donors (Lipinski definition) is 3. The highest BCUT2D eigenvalue weighted by molar-refractivity contribution is 8.00. The Bertz CT molecular complexity index is 319. The second-order valence-corrected chi connectivity index (χ2v) is 5.13. The van der Waals surface area contributed by atoms with Crippen LogP contribution in [-0.2, 0) is 4.74 Å². The molecule has 2 fully saturated rings. The number of rotatable bonds is 2. The molecule has 2 heterocycles. The van der Waals surface area contributed by atoms with E-state index in [9.17, 15) is 19.0 Å². The average Bonchev–Trinajstić information content (AvgIpc) is 2.66. The Morgan fingerprint density at radius 1 is 1.47 bits per heavy atom. The van der Waals surface area contributed by atoms with Gasteiger partial charge in [0.15, 0.2) is 5.44 Å². The minimum atomic E-state index is -2.71. The van der Waals surface area contributed by atoms with E-state index in [0.717, 1.165) is 11.8 Å². The van der Waals surface area contributed by atoms with Crippen molar-refractivity contribution in [2.45, 2.75) is 42.3 Å². The van der Waals surface area contributed by atoms with E-state index in [-0.39, 0.29) is 6.02 Å². The van der Waals surface area contributed by atoms with Crippen molar-refractivity contribution in [1.29, 1.82) is 0 Å². The van der Waals surface area contributed by atoms with Gasteiger partial charge in [-0.1, -0.05) is 0 Å². The molecule has 17 heavy (non-hydrogen) atoms. The number of ether oxygens (including phenoxy) is 1. The Labute approximate surface area is 101 Å². The molecule has 8 heteroatoms. The monoisotopic (exact) mass is 268 g/mol. The first-order chi connectivity index (χ1) is 8.04. The normalized spacial score (nSPS) is 43.4. The number of hydrogen-bond acceptors (Lipinski definition) is 5. The van der Waals surface area contributed by atoms with Crippen LogP contribution in [0, 0.1) is 0 Å². The van der Waals surface area contributed by atoms with E-state index in [4.69, 9.17) is 4.74 Å². The third kappa shape index (κ3) is 2.34. The summed E-state index contributed by atoms with van der Waals surface area (Å²) < 4.78 is 30.6. The van der Waals surface area contributed by atoms with Gasteiger partial charge in [0.1, 0.15) is 12.1 Å². The predicted octanol–water partition coefficient (Wildman–Crippen LogP) is -0.221. The molecule has 98 valence electrons. The van der Waals surface area contributed by atoms with E-state index < -0.39 is 35.4 Å². The molecule has 0 aromatic heterocycles. The first kappa shape index (κ1) is 12.8. The number of nitrogens with zero attached hydrogens (tertiary/aromatic N) is 1. The van der Waals surface area contributed by atoms with Gasteiger partial charge in [-0.2, -0.15) is 0 Å². The first-order valence-corrected chi connectivity index (χ1v) is 6.26. The third-order valence-corrected chi connectivity index (χ3v) is 4.16. The van der Waals surface area contributed by atoms with Crippen LogP contribution in [0.2, 0.25) is 0 Å². The second-order valence-electron chi connectivity index (χ2n) is 3.85. The number of aliphatic hydroxyl groups is 2. The van der Waals surface area contributed by atoms with E-state index in [2.05, 4.69) is 10.3 Å². The van der Waals surface area contributed by atoms with Gasteiger partial charge in [0.2, 0.25) is 0 Å². The molecule has 3 N–H and O–H groups in total. The van der Waals surface area contributed by atoms with Gasteiger partial charge >= 0.3 is 0 Å². The molecule has 0 unspecified atom stereocenters. The highest BCUT2D eigenvalue weighted by Crippen LogP contribution is 2.38. The molecule has 0 amide bonds. The number of aliphatic hydroxyl groups excluding tert-OH is 2. The molecule has 0 aliphatic carbocycles. The summed E-state index contributed by atoms with van der Waals surface area (Å²) in [5, 5.41) is 20.8. The second kappa shape index (κ2) is 4.95. The number of alkyl halides is 2. The Balaban J connectivity index is 2.12. The molecular weight excluding hydrogens is 254 g/mol. The number of amidine groups is 1. The zero-order chi connectivity index (χ0) is 12.6. The summed E-state index contributed by atoms with van der Waals surface area (Å²) >= 11 is 0.826. The van der Waals surface area contributed by atoms with Crippen LogP contribution in [0.15, 0.2) is 4.99 Å². The lowest BCUT2D eigenvalue weighted by Crippen LogP contribution is -2.57. The van der Waals surface area contributed by atoms with Crippen molar-refractivity contribution in [3.05, 3.63) is 0 Å². The van der Waals surface area contributed by atoms with Gasteiger partial charge in [-0.05, 0) is 6.92 Å². The third-order valence-electron chi connectivity index (χ3n) is 2.71.